The van der Waals surface area contributed by atoms with E-state index in [0.29, 0.717) is 18.1 Å². The first-order chi connectivity index (χ1) is 7.54. The molecule has 1 atom stereocenters. The molecule has 1 unspecified atom stereocenters. The van der Waals surface area contributed by atoms with Crippen molar-refractivity contribution in [3.05, 3.63) is 0 Å². The van der Waals surface area contributed by atoms with Crippen molar-refractivity contribution >= 4 is 9.84 Å². The fraction of sp³-hybridized carbons (Fsp3) is 1.00. The van der Waals surface area contributed by atoms with E-state index in [0.717, 1.165) is 32.4 Å². The summed E-state index contributed by atoms with van der Waals surface area (Å²) in [6.07, 6.45) is 2.68. The second kappa shape index (κ2) is 5.98. The first-order valence-electron chi connectivity index (χ1n) is 5.94. The summed E-state index contributed by atoms with van der Waals surface area (Å²) in [5.74, 6) is 0.697. The quantitative estimate of drug-likeness (QED) is 0.679. The summed E-state index contributed by atoms with van der Waals surface area (Å²) in [5.41, 5.74) is -0.0482. The fourth-order valence-corrected chi connectivity index (χ4v) is 4.60. The molecule has 0 saturated carbocycles. The predicted octanol–water partition coefficient (Wildman–Crippen LogP) is 0.827. The van der Waals surface area contributed by atoms with Gasteiger partial charge < -0.3 is 10.1 Å². The highest BCUT2D eigenvalue weighted by Gasteiger charge is 2.41. The van der Waals surface area contributed by atoms with Gasteiger partial charge in [-0.05, 0) is 31.2 Å². The molecule has 5 heteroatoms. The summed E-state index contributed by atoms with van der Waals surface area (Å²) in [6.45, 7) is 4.47. The third-order valence-corrected chi connectivity index (χ3v) is 5.15. The van der Waals surface area contributed by atoms with Crippen LogP contribution in [-0.2, 0) is 14.6 Å². The lowest BCUT2D eigenvalue weighted by atomic mass is 9.83. The Morgan fingerprint density at radius 2 is 2.19 bits per heavy atom. The first kappa shape index (κ1) is 13.9. The molecular weight excluding hydrogens is 226 g/mol. The molecule has 1 fully saturated rings. The standard InChI is InChI=1S/C11H23NO3S/c1-3-12-9-11(5-4-7-15-2)6-8-16(13,14)10-11/h12H,3-10H2,1-2H3. The molecule has 1 aliphatic heterocycles. The van der Waals surface area contributed by atoms with Crippen molar-refractivity contribution in [1.29, 1.82) is 0 Å². The minimum atomic E-state index is -2.80. The summed E-state index contributed by atoms with van der Waals surface area (Å²) < 4.78 is 28.2. The molecule has 1 aliphatic rings. The summed E-state index contributed by atoms with van der Waals surface area (Å²) >= 11 is 0. The lowest BCUT2D eigenvalue weighted by molar-refractivity contribution is 0.171. The van der Waals surface area contributed by atoms with Crippen LogP contribution in [0.3, 0.4) is 0 Å². The van der Waals surface area contributed by atoms with Crippen LogP contribution in [0.1, 0.15) is 26.2 Å². The van der Waals surface area contributed by atoms with E-state index in [4.69, 9.17) is 4.74 Å². The number of hydrogen-bond acceptors (Lipinski definition) is 4. The minimum absolute atomic E-state index is 0.0482. The highest BCUT2D eigenvalue weighted by molar-refractivity contribution is 7.91. The Kier molecular flexibility index (Phi) is 5.21. The van der Waals surface area contributed by atoms with Crippen molar-refractivity contribution in [3.8, 4) is 0 Å². The maximum Gasteiger partial charge on any atom is 0.150 e. The van der Waals surface area contributed by atoms with E-state index in [-0.39, 0.29) is 5.41 Å². The number of nitrogens with one attached hydrogen (secondary N) is 1. The first-order valence-corrected chi connectivity index (χ1v) is 7.76. The largest absolute Gasteiger partial charge is 0.385 e. The predicted molar refractivity (Wildman–Crippen MR) is 65.4 cm³/mol. The molecule has 0 aromatic rings. The molecule has 96 valence electrons. The van der Waals surface area contributed by atoms with Gasteiger partial charge in [0.2, 0.25) is 0 Å². The van der Waals surface area contributed by atoms with Gasteiger partial charge in [0.1, 0.15) is 0 Å². The molecule has 0 spiro atoms. The maximum atomic E-state index is 11.6. The SMILES string of the molecule is CCNCC1(CCCOC)CCS(=O)(=O)C1. The molecule has 0 amide bonds. The molecule has 16 heavy (non-hydrogen) atoms. The zero-order chi connectivity index (χ0) is 12.1. The van der Waals surface area contributed by atoms with Crippen LogP contribution in [0.15, 0.2) is 0 Å². The summed E-state index contributed by atoms with van der Waals surface area (Å²) in [6, 6.07) is 0. The van der Waals surface area contributed by atoms with E-state index in [1.165, 1.54) is 0 Å². The molecule has 1 N–H and O–H groups in total. The summed E-state index contributed by atoms with van der Waals surface area (Å²) in [7, 11) is -1.12. The van der Waals surface area contributed by atoms with Gasteiger partial charge in [-0.3, -0.25) is 0 Å². The zero-order valence-electron chi connectivity index (χ0n) is 10.3. The topological polar surface area (TPSA) is 55.4 Å². The number of rotatable bonds is 7. The maximum absolute atomic E-state index is 11.6. The van der Waals surface area contributed by atoms with E-state index in [1.807, 2.05) is 6.92 Å². The van der Waals surface area contributed by atoms with Crippen molar-refractivity contribution in [1.82, 2.24) is 5.32 Å². The summed E-state index contributed by atoms with van der Waals surface area (Å²) in [4.78, 5) is 0. The Hall–Kier alpha value is -0.130. The minimum Gasteiger partial charge on any atom is -0.385 e. The van der Waals surface area contributed by atoms with Crippen LogP contribution < -0.4 is 5.32 Å². The van der Waals surface area contributed by atoms with Gasteiger partial charge in [-0.25, -0.2) is 8.42 Å². The molecule has 1 heterocycles. The van der Waals surface area contributed by atoms with Crippen molar-refractivity contribution < 1.29 is 13.2 Å². The van der Waals surface area contributed by atoms with Crippen LogP contribution in [0, 0.1) is 5.41 Å². The van der Waals surface area contributed by atoms with Crippen LogP contribution in [0.2, 0.25) is 0 Å². The van der Waals surface area contributed by atoms with Crippen molar-refractivity contribution in [3.63, 3.8) is 0 Å². The third kappa shape index (κ3) is 4.03. The Morgan fingerprint density at radius 3 is 2.69 bits per heavy atom. The normalized spacial score (nSPS) is 28.4. The molecule has 0 aromatic heterocycles. The fourth-order valence-electron chi connectivity index (χ4n) is 2.39. The highest BCUT2D eigenvalue weighted by atomic mass is 32.2. The third-order valence-electron chi connectivity index (χ3n) is 3.28. The van der Waals surface area contributed by atoms with E-state index < -0.39 is 9.84 Å². The molecule has 0 aromatic carbocycles. The van der Waals surface area contributed by atoms with Crippen molar-refractivity contribution in [2.75, 3.05) is 38.3 Å². The highest BCUT2D eigenvalue weighted by Crippen LogP contribution is 2.36. The lowest BCUT2D eigenvalue weighted by Gasteiger charge is -2.27. The Bertz CT molecular complexity index is 302. The molecule has 1 rings (SSSR count). The average molecular weight is 249 g/mol. The van der Waals surface area contributed by atoms with Gasteiger partial charge in [0.25, 0.3) is 0 Å². The van der Waals surface area contributed by atoms with E-state index in [2.05, 4.69) is 5.32 Å². The van der Waals surface area contributed by atoms with Gasteiger partial charge in [-0.15, -0.1) is 0 Å². The average Bonchev–Trinajstić information content (AvgIpc) is 2.53. The molecule has 0 bridgehead atoms. The second-order valence-electron chi connectivity index (χ2n) is 4.72. The molecule has 0 radical (unpaired) electrons. The number of methoxy groups -OCH3 is 1. The van der Waals surface area contributed by atoms with Crippen LogP contribution in [0.25, 0.3) is 0 Å². The lowest BCUT2D eigenvalue weighted by Crippen LogP contribution is -2.35. The number of sulfone groups is 1. The van der Waals surface area contributed by atoms with Gasteiger partial charge in [-0.2, -0.15) is 0 Å². The van der Waals surface area contributed by atoms with E-state index >= 15 is 0 Å². The van der Waals surface area contributed by atoms with Crippen LogP contribution >= 0.6 is 0 Å². The van der Waals surface area contributed by atoms with Crippen LogP contribution in [-0.4, -0.2) is 46.7 Å². The molecule has 1 saturated heterocycles. The van der Waals surface area contributed by atoms with Crippen molar-refractivity contribution in [2.24, 2.45) is 5.41 Å². The van der Waals surface area contributed by atoms with E-state index in [1.54, 1.807) is 7.11 Å². The Balaban J connectivity index is 2.56. The van der Waals surface area contributed by atoms with Gasteiger partial charge >= 0.3 is 0 Å². The van der Waals surface area contributed by atoms with Gasteiger partial charge in [0.15, 0.2) is 9.84 Å². The van der Waals surface area contributed by atoms with Gasteiger partial charge in [0.05, 0.1) is 11.5 Å². The second-order valence-corrected chi connectivity index (χ2v) is 6.90. The van der Waals surface area contributed by atoms with Crippen LogP contribution in [0.5, 0.6) is 0 Å². The van der Waals surface area contributed by atoms with Crippen LogP contribution in [0.4, 0.5) is 0 Å². The Morgan fingerprint density at radius 1 is 1.44 bits per heavy atom. The van der Waals surface area contributed by atoms with Gasteiger partial charge in [-0.1, -0.05) is 6.92 Å². The summed E-state index contributed by atoms with van der Waals surface area (Å²) in [5, 5.41) is 3.29. The number of hydrogen-bond donors (Lipinski definition) is 1. The van der Waals surface area contributed by atoms with Gasteiger partial charge in [0, 0.05) is 20.3 Å². The van der Waals surface area contributed by atoms with Crippen molar-refractivity contribution in [2.45, 2.75) is 26.2 Å². The molecular formula is C11H23NO3S. The molecule has 4 nitrogen and oxygen atoms in total. The Labute approximate surface area is 98.7 Å². The molecule has 0 aliphatic carbocycles. The smallest absolute Gasteiger partial charge is 0.150 e. The monoisotopic (exact) mass is 249 g/mol. The van der Waals surface area contributed by atoms with E-state index in [9.17, 15) is 8.42 Å². The zero-order valence-corrected chi connectivity index (χ0v) is 11.1. The number of ether oxygens (including phenoxy) is 1.